The van der Waals surface area contributed by atoms with Gasteiger partial charge < -0.3 is 15.4 Å². The number of nitrogens with zero attached hydrogens (tertiary/aromatic N) is 1. The van der Waals surface area contributed by atoms with Gasteiger partial charge in [0.25, 0.3) is 11.8 Å². The maximum atomic E-state index is 13.0. The molecule has 3 amide bonds. The van der Waals surface area contributed by atoms with E-state index in [9.17, 15) is 27.6 Å². The maximum absolute atomic E-state index is 13.0. The normalized spacial score (nSPS) is 13.0. The second-order valence-electron chi connectivity index (χ2n) is 7.39. The molecule has 0 bridgehead atoms. The lowest BCUT2D eigenvalue weighted by Crippen LogP contribution is -2.42. The third kappa shape index (κ3) is 5.17. The minimum absolute atomic E-state index is 0.115. The summed E-state index contributed by atoms with van der Waals surface area (Å²) in [7, 11) is 0. The van der Waals surface area contributed by atoms with E-state index in [-0.39, 0.29) is 24.1 Å². The van der Waals surface area contributed by atoms with E-state index in [4.69, 9.17) is 4.74 Å². The lowest BCUT2D eigenvalue weighted by atomic mass is 10.1. The van der Waals surface area contributed by atoms with Crippen molar-refractivity contribution in [2.75, 3.05) is 28.7 Å². The smallest absolute Gasteiger partial charge is 0.416 e. The van der Waals surface area contributed by atoms with Crippen LogP contribution in [0.1, 0.15) is 15.9 Å². The van der Waals surface area contributed by atoms with Gasteiger partial charge in [-0.25, -0.2) is 0 Å². The first-order chi connectivity index (χ1) is 16.2. The molecule has 174 valence electrons. The summed E-state index contributed by atoms with van der Waals surface area (Å²) in [5.74, 6) is -1.08. The summed E-state index contributed by atoms with van der Waals surface area (Å²) in [5, 5.41) is 5.30. The molecule has 4 rings (SSSR count). The van der Waals surface area contributed by atoms with Crippen molar-refractivity contribution in [1.29, 1.82) is 0 Å². The quantitative estimate of drug-likeness (QED) is 0.583. The maximum Gasteiger partial charge on any atom is 0.416 e. The first kappa shape index (κ1) is 22.8. The van der Waals surface area contributed by atoms with E-state index < -0.39 is 24.3 Å². The van der Waals surface area contributed by atoms with Crippen LogP contribution in [0.4, 0.5) is 30.2 Å². The number of ether oxygens (including phenoxy) is 1. The molecule has 7 nitrogen and oxygen atoms in total. The van der Waals surface area contributed by atoms with E-state index in [1.54, 1.807) is 24.3 Å². The van der Waals surface area contributed by atoms with Crippen LogP contribution in [0.5, 0.6) is 5.75 Å². The topological polar surface area (TPSA) is 87.7 Å². The highest BCUT2D eigenvalue weighted by atomic mass is 19.4. The molecular formula is C24H18F3N3O4. The van der Waals surface area contributed by atoms with Crippen molar-refractivity contribution in [3.63, 3.8) is 0 Å². The number of carbonyl (C=O) groups is 3. The van der Waals surface area contributed by atoms with Gasteiger partial charge in [-0.2, -0.15) is 13.2 Å². The van der Waals surface area contributed by atoms with E-state index in [2.05, 4.69) is 10.6 Å². The highest BCUT2D eigenvalue weighted by molar-refractivity contribution is 6.15. The molecule has 0 spiro atoms. The van der Waals surface area contributed by atoms with E-state index in [0.29, 0.717) is 22.6 Å². The Kier molecular flexibility index (Phi) is 6.22. The van der Waals surface area contributed by atoms with Crippen LogP contribution in [0, 0.1) is 0 Å². The lowest BCUT2D eigenvalue weighted by molar-refractivity contribution is -0.137. The van der Waals surface area contributed by atoms with Gasteiger partial charge in [-0.3, -0.25) is 19.3 Å². The van der Waals surface area contributed by atoms with Crippen LogP contribution in [0.2, 0.25) is 0 Å². The SMILES string of the molecule is O=C(COc1ccc(C(F)(F)F)cc1)Nc1ccc(C(=O)N2CC(=O)Nc3ccccc32)cc1. The van der Waals surface area contributed by atoms with E-state index in [0.717, 1.165) is 24.3 Å². The number of fused-ring (bicyclic) bond motifs is 1. The average Bonchev–Trinajstić information content (AvgIpc) is 2.82. The predicted molar refractivity (Wildman–Crippen MR) is 119 cm³/mol. The van der Waals surface area contributed by atoms with Crippen molar-refractivity contribution in [3.8, 4) is 5.75 Å². The Morgan fingerprint density at radius 3 is 2.32 bits per heavy atom. The molecule has 10 heteroatoms. The summed E-state index contributed by atoms with van der Waals surface area (Å²) in [4.78, 5) is 38.4. The van der Waals surface area contributed by atoms with Crippen LogP contribution in [-0.4, -0.2) is 30.9 Å². The molecule has 2 N–H and O–H groups in total. The van der Waals surface area contributed by atoms with Crippen molar-refractivity contribution in [2.24, 2.45) is 0 Å². The number of hydrogen-bond acceptors (Lipinski definition) is 4. The first-order valence-electron chi connectivity index (χ1n) is 10.1. The van der Waals surface area contributed by atoms with Crippen molar-refractivity contribution in [3.05, 3.63) is 83.9 Å². The van der Waals surface area contributed by atoms with Crippen LogP contribution >= 0.6 is 0 Å². The number of benzene rings is 3. The van der Waals surface area contributed by atoms with Gasteiger partial charge in [-0.1, -0.05) is 12.1 Å². The van der Waals surface area contributed by atoms with Crippen LogP contribution in [-0.2, 0) is 15.8 Å². The molecule has 1 aliphatic heterocycles. The monoisotopic (exact) mass is 469 g/mol. The summed E-state index contributed by atoms with van der Waals surface area (Å²) in [6, 6.07) is 17.1. The summed E-state index contributed by atoms with van der Waals surface area (Å²) >= 11 is 0. The summed E-state index contributed by atoms with van der Waals surface area (Å²) in [6.45, 7) is -0.526. The molecule has 0 atom stereocenters. The Hall–Kier alpha value is -4.34. The third-order valence-electron chi connectivity index (χ3n) is 4.98. The Labute approximate surface area is 192 Å². The minimum atomic E-state index is -4.45. The molecule has 3 aromatic rings. The number of para-hydroxylation sites is 2. The second kappa shape index (κ2) is 9.26. The Bertz CT molecular complexity index is 1230. The number of anilines is 3. The zero-order chi connectivity index (χ0) is 24.3. The Balaban J connectivity index is 1.35. The number of amides is 3. The van der Waals surface area contributed by atoms with Gasteiger partial charge in [0.05, 0.1) is 16.9 Å². The second-order valence-corrected chi connectivity index (χ2v) is 7.39. The molecule has 1 heterocycles. The molecule has 3 aromatic carbocycles. The van der Waals surface area contributed by atoms with Crippen LogP contribution in [0.25, 0.3) is 0 Å². The molecular weight excluding hydrogens is 451 g/mol. The highest BCUT2D eigenvalue weighted by Gasteiger charge is 2.30. The summed E-state index contributed by atoms with van der Waals surface area (Å²) < 4.78 is 43.0. The zero-order valence-corrected chi connectivity index (χ0v) is 17.6. The van der Waals surface area contributed by atoms with Gasteiger partial charge in [0.2, 0.25) is 5.91 Å². The number of halogens is 3. The van der Waals surface area contributed by atoms with Crippen molar-refractivity contribution >= 4 is 34.8 Å². The molecule has 1 aliphatic rings. The van der Waals surface area contributed by atoms with Crippen LogP contribution in [0.15, 0.2) is 72.8 Å². The number of hydrogen-bond donors (Lipinski definition) is 2. The number of rotatable bonds is 5. The summed E-state index contributed by atoms with van der Waals surface area (Å²) in [5.41, 5.74) is 1.04. The van der Waals surface area contributed by atoms with Gasteiger partial charge in [0, 0.05) is 11.3 Å². The van der Waals surface area contributed by atoms with Crippen molar-refractivity contribution < 1.29 is 32.3 Å². The van der Waals surface area contributed by atoms with Gasteiger partial charge in [-0.05, 0) is 60.7 Å². The molecule has 0 aliphatic carbocycles. The zero-order valence-electron chi connectivity index (χ0n) is 17.6. The number of carbonyl (C=O) groups excluding carboxylic acids is 3. The van der Waals surface area contributed by atoms with Gasteiger partial charge in [0.1, 0.15) is 12.3 Å². The minimum Gasteiger partial charge on any atom is -0.484 e. The molecule has 0 fully saturated rings. The average molecular weight is 469 g/mol. The van der Waals surface area contributed by atoms with Gasteiger partial charge in [0.15, 0.2) is 6.61 Å². The molecule has 0 saturated carbocycles. The highest BCUT2D eigenvalue weighted by Crippen LogP contribution is 2.31. The predicted octanol–water partition coefficient (Wildman–Crippen LogP) is 4.32. The van der Waals surface area contributed by atoms with Gasteiger partial charge >= 0.3 is 6.18 Å². The standard InChI is InChI=1S/C24H18F3N3O4/c25-24(26,27)16-7-11-18(12-8-16)34-14-22(32)28-17-9-5-15(6-10-17)23(33)30-13-21(31)29-19-3-1-2-4-20(19)30/h1-12H,13-14H2,(H,28,32)(H,29,31). The fourth-order valence-corrected chi connectivity index (χ4v) is 3.35. The molecule has 0 saturated heterocycles. The van der Waals surface area contributed by atoms with E-state index in [1.165, 1.54) is 29.2 Å². The molecule has 0 unspecified atom stereocenters. The van der Waals surface area contributed by atoms with Gasteiger partial charge in [-0.15, -0.1) is 0 Å². The first-order valence-corrected chi connectivity index (χ1v) is 10.1. The number of alkyl halides is 3. The van der Waals surface area contributed by atoms with E-state index in [1.807, 2.05) is 0 Å². The molecule has 34 heavy (non-hydrogen) atoms. The molecule has 0 radical (unpaired) electrons. The largest absolute Gasteiger partial charge is 0.484 e. The number of nitrogens with one attached hydrogen (secondary N) is 2. The fourth-order valence-electron chi connectivity index (χ4n) is 3.35. The molecule has 0 aromatic heterocycles. The van der Waals surface area contributed by atoms with Crippen molar-refractivity contribution in [1.82, 2.24) is 0 Å². The Morgan fingerprint density at radius 1 is 0.971 bits per heavy atom. The lowest BCUT2D eigenvalue weighted by Gasteiger charge is -2.29. The Morgan fingerprint density at radius 2 is 1.65 bits per heavy atom. The summed E-state index contributed by atoms with van der Waals surface area (Å²) in [6.07, 6.45) is -4.45. The van der Waals surface area contributed by atoms with Crippen molar-refractivity contribution in [2.45, 2.75) is 6.18 Å². The fraction of sp³-hybridized carbons (Fsp3) is 0.125. The van der Waals surface area contributed by atoms with Crippen LogP contribution < -0.4 is 20.3 Å². The van der Waals surface area contributed by atoms with E-state index >= 15 is 0 Å². The van der Waals surface area contributed by atoms with Crippen LogP contribution in [0.3, 0.4) is 0 Å². The third-order valence-corrected chi connectivity index (χ3v) is 4.98.